The average molecular weight is 347 g/mol. The molecule has 0 N–H and O–H groups in total. The number of nitrogens with zero attached hydrogens (tertiary/aromatic N) is 7. The van der Waals surface area contributed by atoms with Crippen molar-refractivity contribution >= 4 is 5.95 Å². The molecule has 0 unspecified atom stereocenters. The van der Waals surface area contributed by atoms with Crippen LogP contribution in [0.2, 0.25) is 0 Å². The predicted molar refractivity (Wildman–Crippen MR) is 95.1 cm³/mol. The molecule has 25 heavy (non-hydrogen) atoms. The van der Waals surface area contributed by atoms with Crippen LogP contribution < -0.4 is 4.90 Å². The van der Waals surface area contributed by atoms with Gasteiger partial charge in [0.25, 0.3) is 0 Å². The molecule has 0 radical (unpaired) electrons. The summed E-state index contributed by atoms with van der Waals surface area (Å²) in [6.07, 6.45) is 10.0. The SMILES string of the molecule is CCOCCC1(Cn2nnnc2N(C)Cc2cnn(C)c2)CCCC1. The fourth-order valence-electron chi connectivity index (χ4n) is 3.84. The Hall–Kier alpha value is -1.96. The maximum atomic E-state index is 5.62. The Morgan fingerprint density at radius 2 is 2.12 bits per heavy atom. The Labute approximate surface area is 149 Å². The molecule has 1 saturated carbocycles. The summed E-state index contributed by atoms with van der Waals surface area (Å²) < 4.78 is 9.40. The fraction of sp³-hybridized carbons (Fsp3) is 0.765. The molecular weight excluding hydrogens is 318 g/mol. The van der Waals surface area contributed by atoms with Crippen LogP contribution in [0.25, 0.3) is 0 Å². The second kappa shape index (κ2) is 7.95. The lowest BCUT2D eigenvalue weighted by molar-refractivity contribution is 0.0932. The van der Waals surface area contributed by atoms with Gasteiger partial charge in [0.15, 0.2) is 0 Å². The molecule has 0 amide bonds. The van der Waals surface area contributed by atoms with E-state index in [2.05, 4.69) is 25.5 Å². The van der Waals surface area contributed by atoms with Crippen LogP contribution in [-0.4, -0.2) is 50.2 Å². The maximum absolute atomic E-state index is 5.62. The van der Waals surface area contributed by atoms with Crippen molar-refractivity contribution in [1.29, 1.82) is 0 Å². The van der Waals surface area contributed by atoms with Crippen molar-refractivity contribution in [3.8, 4) is 0 Å². The summed E-state index contributed by atoms with van der Waals surface area (Å²) in [5.41, 5.74) is 1.40. The monoisotopic (exact) mass is 347 g/mol. The van der Waals surface area contributed by atoms with E-state index in [1.165, 1.54) is 25.7 Å². The lowest BCUT2D eigenvalue weighted by Gasteiger charge is -2.29. The molecule has 0 bridgehead atoms. The first-order valence-electron chi connectivity index (χ1n) is 9.14. The van der Waals surface area contributed by atoms with Crippen molar-refractivity contribution in [2.24, 2.45) is 12.5 Å². The van der Waals surface area contributed by atoms with Gasteiger partial charge in [0.2, 0.25) is 5.95 Å². The van der Waals surface area contributed by atoms with E-state index in [-0.39, 0.29) is 5.41 Å². The zero-order chi connectivity index (χ0) is 17.7. The highest BCUT2D eigenvalue weighted by Gasteiger charge is 2.35. The van der Waals surface area contributed by atoms with Crippen molar-refractivity contribution in [2.75, 3.05) is 25.2 Å². The minimum Gasteiger partial charge on any atom is -0.382 e. The van der Waals surface area contributed by atoms with E-state index in [1.807, 2.05) is 42.8 Å². The van der Waals surface area contributed by atoms with Crippen LogP contribution in [0, 0.1) is 5.41 Å². The number of ether oxygens (including phenoxy) is 1. The summed E-state index contributed by atoms with van der Waals surface area (Å²) in [7, 11) is 3.95. The van der Waals surface area contributed by atoms with Crippen LogP contribution in [0.4, 0.5) is 5.95 Å². The number of tetrazole rings is 1. The third kappa shape index (κ3) is 4.36. The number of hydrogen-bond acceptors (Lipinski definition) is 6. The van der Waals surface area contributed by atoms with Crippen molar-refractivity contribution in [2.45, 2.75) is 52.1 Å². The van der Waals surface area contributed by atoms with Gasteiger partial charge in [0.1, 0.15) is 0 Å². The summed E-state index contributed by atoms with van der Waals surface area (Å²) >= 11 is 0. The number of anilines is 1. The van der Waals surface area contributed by atoms with Gasteiger partial charge in [-0.25, -0.2) is 4.68 Å². The number of aromatic nitrogens is 6. The van der Waals surface area contributed by atoms with Gasteiger partial charge in [-0.2, -0.15) is 5.10 Å². The third-order valence-corrected chi connectivity index (χ3v) is 5.16. The normalized spacial score (nSPS) is 16.4. The van der Waals surface area contributed by atoms with Crippen molar-refractivity contribution in [3.63, 3.8) is 0 Å². The van der Waals surface area contributed by atoms with Crippen molar-refractivity contribution in [3.05, 3.63) is 18.0 Å². The molecule has 138 valence electrons. The van der Waals surface area contributed by atoms with Crippen LogP contribution in [-0.2, 0) is 24.9 Å². The van der Waals surface area contributed by atoms with Gasteiger partial charge in [-0.3, -0.25) is 4.68 Å². The van der Waals surface area contributed by atoms with Crippen LogP contribution >= 0.6 is 0 Å². The van der Waals surface area contributed by atoms with Gasteiger partial charge in [0.05, 0.1) is 12.7 Å². The van der Waals surface area contributed by atoms with Gasteiger partial charge in [-0.05, 0) is 42.0 Å². The molecule has 1 aliphatic rings. The second-order valence-corrected chi connectivity index (χ2v) is 7.17. The molecule has 0 spiro atoms. The van der Waals surface area contributed by atoms with E-state index < -0.39 is 0 Å². The summed E-state index contributed by atoms with van der Waals surface area (Å²) in [5, 5.41) is 16.7. The largest absolute Gasteiger partial charge is 0.382 e. The zero-order valence-corrected chi connectivity index (χ0v) is 15.6. The number of hydrogen-bond donors (Lipinski definition) is 0. The first kappa shape index (κ1) is 17.8. The van der Waals surface area contributed by atoms with Crippen LogP contribution in [0.5, 0.6) is 0 Å². The third-order valence-electron chi connectivity index (χ3n) is 5.16. The van der Waals surface area contributed by atoms with Gasteiger partial charge in [-0.1, -0.05) is 17.9 Å². The summed E-state index contributed by atoms with van der Waals surface area (Å²) in [5.74, 6) is 0.812. The standard InChI is InChI=1S/C17H29N7O/c1-4-25-10-9-17(7-5-6-8-17)14-24-16(19-20-21-24)22(2)12-15-11-18-23(3)13-15/h11,13H,4-10,12,14H2,1-3H3. The van der Waals surface area contributed by atoms with Crippen LogP contribution in [0.15, 0.2) is 12.4 Å². The minimum absolute atomic E-state index is 0.258. The maximum Gasteiger partial charge on any atom is 0.245 e. The van der Waals surface area contributed by atoms with E-state index in [9.17, 15) is 0 Å². The summed E-state index contributed by atoms with van der Waals surface area (Å²) in [6.45, 7) is 5.24. The Morgan fingerprint density at radius 1 is 1.32 bits per heavy atom. The molecule has 3 rings (SSSR count). The Kier molecular flexibility index (Phi) is 5.67. The fourth-order valence-corrected chi connectivity index (χ4v) is 3.84. The van der Waals surface area contributed by atoms with E-state index in [0.717, 1.165) is 44.2 Å². The van der Waals surface area contributed by atoms with E-state index >= 15 is 0 Å². The number of aryl methyl sites for hydroxylation is 1. The van der Waals surface area contributed by atoms with Crippen LogP contribution in [0.1, 0.15) is 44.6 Å². The Morgan fingerprint density at radius 3 is 2.80 bits per heavy atom. The van der Waals surface area contributed by atoms with Gasteiger partial charge >= 0.3 is 0 Å². The lowest BCUT2D eigenvalue weighted by Crippen LogP contribution is -2.29. The quantitative estimate of drug-likeness (QED) is 0.646. The molecule has 2 aromatic heterocycles. The molecule has 8 nitrogen and oxygen atoms in total. The van der Waals surface area contributed by atoms with Gasteiger partial charge in [-0.15, -0.1) is 0 Å². The highest BCUT2D eigenvalue weighted by atomic mass is 16.5. The molecule has 0 saturated heterocycles. The highest BCUT2D eigenvalue weighted by Crippen LogP contribution is 2.42. The Bertz CT molecular complexity index is 660. The predicted octanol–water partition coefficient (Wildman–Crippen LogP) is 2.03. The highest BCUT2D eigenvalue weighted by molar-refractivity contribution is 5.28. The Balaban J connectivity index is 1.69. The van der Waals surface area contributed by atoms with Gasteiger partial charge in [0, 0.05) is 45.6 Å². The molecule has 1 fully saturated rings. The topological polar surface area (TPSA) is 73.9 Å². The molecule has 2 aromatic rings. The minimum atomic E-state index is 0.258. The molecule has 2 heterocycles. The second-order valence-electron chi connectivity index (χ2n) is 7.17. The van der Waals surface area contributed by atoms with Crippen molar-refractivity contribution in [1.82, 2.24) is 30.0 Å². The van der Waals surface area contributed by atoms with Crippen molar-refractivity contribution < 1.29 is 4.74 Å². The molecule has 8 heteroatoms. The zero-order valence-electron chi connectivity index (χ0n) is 15.6. The smallest absolute Gasteiger partial charge is 0.245 e. The first-order valence-corrected chi connectivity index (χ1v) is 9.14. The van der Waals surface area contributed by atoms with Gasteiger partial charge < -0.3 is 9.64 Å². The van der Waals surface area contributed by atoms with E-state index in [0.29, 0.717) is 0 Å². The average Bonchev–Trinajstić information content (AvgIpc) is 3.31. The molecule has 0 atom stereocenters. The summed E-state index contributed by atoms with van der Waals surface area (Å²) in [6, 6.07) is 0. The molecule has 0 aliphatic heterocycles. The van der Waals surface area contributed by atoms with E-state index in [4.69, 9.17) is 4.74 Å². The number of rotatable bonds is 9. The molecule has 0 aromatic carbocycles. The van der Waals surface area contributed by atoms with Crippen LogP contribution in [0.3, 0.4) is 0 Å². The molecular formula is C17H29N7O. The first-order chi connectivity index (χ1) is 12.1. The lowest BCUT2D eigenvalue weighted by atomic mass is 9.83. The van der Waals surface area contributed by atoms with E-state index in [1.54, 1.807) is 0 Å². The molecule has 1 aliphatic carbocycles. The summed E-state index contributed by atoms with van der Waals surface area (Å²) in [4.78, 5) is 2.09.